The Morgan fingerprint density at radius 3 is 2.20 bits per heavy atom. The normalized spacial score (nSPS) is 10.8. The van der Waals surface area contributed by atoms with Crippen molar-refractivity contribution in [3.8, 4) is 0 Å². The highest BCUT2D eigenvalue weighted by atomic mass is 35.5. The predicted octanol–water partition coefficient (Wildman–Crippen LogP) is 2.85. The number of para-hydroxylation sites is 1. The zero-order chi connectivity index (χ0) is 14.6. The number of carbonyl (C=O) groups is 1. The van der Waals surface area contributed by atoms with Gasteiger partial charge < -0.3 is 5.32 Å². The standard InChI is InChI=1S/C13H11ClN2O3S/c14-11-8-4-5-9-12(11)15-13(17)16-20(18,19)10-6-2-1-3-7-10/h1-9H,(H2,15,16,17). The summed E-state index contributed by atoms with van der Waals surface area (Å²) in [6.07, 6.45) is 0. The number of carbonyl (C=O) groups excluding carboxylic acids is 1. The Hall–Kier alpha value is -2.05. The molecule has 0 aromatic heterocycles. The van der Waals surface area contributed by atoms with E-state index in [-0.39, 0.29) is 4.90 Å². The van der Waals surface area contributed by atoms with Crippen molar-refractivity contribution in [3.05, 3.63) is 59.6 Å². The Labute approximate surface area is 121 Å². The maximum Gasteiger partial charge on any atom is 0.333 e. The van der Waals surface area contributed by atoms with Crippen molar-refractivity contribution < 1.29 is 13.2 Å². The Bertz CT molecular complexity index is 717. The number of nitrogens with one attached hydrogen (secondary N) is 2. The zero-order valence-corrected chi connectivity index (χ0v) is 11.8. The molecule has 20 heavy (non-hydrogen) atoms. The highest BCUT2D eigenvalue weighted by Gasteiger charge is 2.17. The summed E-state index contributed by atoms with van der Waals surface area (Å²) in [5, 5.41) is 2.69. The number of sulfonamides is 1. The average molecular weight is 311 g/mol. The van der Waals surface area contributed by atoms with E-state index < -0.39 is 16.1 Å². The molecule has 2 amide bonds. The molecule has 0 unspecified atom stereocenters. The number of hydrogen-bond donors (Lipinski definition) is 2. The first-order chi connectivity index (χ1) is 9.49. The first-order valence-corrected chi connectivity index (χ1v) is 7.48. The van der Waals surface area contributed by atoms with E-state index in [9.17, 15) is 13.2 Å². The molecule has 0 aliphatic rings. The topological polar surface area (TPSA) is 75.3 Å². The van der Waals surface area contributed by atoms with Crippen molar-refractivity contribution in [1.29, 1.82) is 0 Å². The average Bonchev–Trinajstić information content (AvgIpc) is 2.42. The predicted molar refractivity (Wildman–Crippen MR) is 77.2 cm³/mol. The van der Waals surface area contributed by atoms with Crippen LogP contribution < -0.4 is 10.0 Å². The highest BCUT2D eigenvalue weighted by Crippen LogP contribution is 2.20. The zero-order valence-electron chi connectivity index (χ0n) is 10.2. The number of anilines is 1. The van der Waals surface area contributed by atoms with Gasteiger partial charge in [0.1, 0.15) is 0 Å². The smallest absolute Gasteiger partial charge is 0.306 e. The second-order valence-electron chi connectivity index (χ2n) is 3.85. The van der Waals surface area contributed by atoms with Gasteiger partial charge in [0.2, 0.25) is 0 Å². The van der Waals surface area contributed by atoms with E-state index in [1.54, 1.807) is 42.5 Å². The van der Waals surface area contributed by atoms with E-state index >= 15 is 0 Å². The van der Waals surface area contributed by atoms with Gasteiger partial charge in [0, 0.05) is 0 Å². The molecular formula is C13H11ClN2O3S. The van der Waals surface area contributed by atoms with Gasteiger partial charge in [-0.2, -0.15) is 0 Å². The Morgan fingerprint density at radius 1 is 0.950 bits per heavy atom. The molecule has 104 valence electrons. The SMILES string of the molecule is O=C(Nc1ccccc1Cl)NS(=O)(=O)c1ccccc1. The summed E-state index contributed by atoms with van der Waals surface area (Å²) < 4.78 is 25.7. The summed E-state index contributed by atoms with van der Waals surface area (Å²) in [7, 11) is -3.90. The molecule has 0 radical (unpaired) electrons. The van der Waals surface area contributed by atoms with Crippen LogP contribution in [0, 0.1) is 0 Å². The third-order valence-corrected chi connectivity index (χ3v) is 4.08. The minimum atomic E-state index is -3.90. The molecule has 7 heteroatoms. The lowest BCUT2D eigenvalue weighted by molar-refractivity contribution is 0.256. The lowest BCUT2D eigenvalue weighted by Crippen LogP contribution is -2.34. The monoisotopic (exact) mass is 310 g/mol. The van der Waals surface area contributed by atoms with E-state index in [0.717, 1.165) is 0 Å². The van der Waals surface area contributed by atoms with Gasteiger partial charge >= 0.3 is 6.03 Å². The Kier molecular flexibility index (Phi) is 4.26. The van der Waals surface area contributed by atoms with Crippen molar-refractivity contribution in [2.75, 3.05) is 5.32 Å². The van der Waals surface area contributed by atoms with Gasteiger partial charge in [0.25, 0.3) is 10.0 Å². The maximum absolute atomic E-state index is 11.9. The number of hydrogen-bond acceptors (Lipinski definition) is 3. The largest absolute Gasteiger partial charge is 0.333 e. The molecule has 0 fully saturated rings. The van der Waals surface area contributed by atoms with Gasteiger partial charge in [-0.15, -0.1) is 0 Å². The van der Waals surface area contributed by atoms with Crippen LogP contribution in [0.1, 0.15) is 0 Å². The fraction of sp³-hybridized carbons (Fsp3) is 0. The van der Waals surface area contributed by atoms with Crippen LogP contribution in [0.15, 0.2) is 59.5 Å². The lowest BCUT2D eigenvalue weighted by atomic mass is 10.3. The van der Waals surface area contributed by atoms with Crippen LogP contribution in [0.5, 0.6) is 0 Å². The summed E-state index contributed by atoms with van der Waals surface area (Å²) in [5.74, 6) is 0. The summed E-state index contributed by atoms with van der Waals surface area (Å²) in [4.78, 5) is 11.7. The van der Waals surface area contributed by atoms with Gasteiger partial charge in [-0.05, 0) is 24.3 Å². The van der Waals surface area contributed by atoms with Crippen LogP contribution in [-0.2, 0) is 10.0 Å². The van der Waals surface area contributed by atoms with Crippen LogP contribution in [0.3, 0.4) is 0 Å². The van der Waals surface area contributed by atoms with Crippen molar-refractivity contribution in [2.45, 2.75) is 4.90 Å². The minimum absolute atomic E-state index is 0.00862. The van der Waals surface area contributed by atoms with E-state index in [2.05, 4.69) is 5.32 Å². The van der Waals surface area contributed by atoms with Gasteiger partial charge in [0.05, 0.1) is 15.6 Å². The molecule has 0 bridgehead atoms. The van der Waals surface area contributed by atoms with Crippen molar-refractivity contribution in [2.24, 2.45) is 0 Å². The fourth-order valence-corrected chi connectivity index (χ4v) is 2.60. The second kappa shape index (κ2) is 5.94. The van der Waals surface area contributed by atoms with Crippen LogP contribution in [0.2, 0.25) is 5.02 Å². The summed E-state index contributed by atoms with van der Waals surface area (Å²) in [5.41, 5.74) is 0.329. The first-order valence-electron chi connectivity index (χ1n) is 5.62. The molecule has 0 saturated heterocycles. The Balaban J connectivity index is 2.11. The molecule has 0 aliphatic carbocycles. The van der Waals surface area contributed by atoms with Gasteiger partial charge in [0.15, 0.2) is 0 Å². The summed E-state index contributed by atoms with van der Waals surface area (Å²) >= 11 is 5.86. The maximum atomic E-state index is 11.9. The van der Waals surface area contributed by atoms with Gasteiger partial charge in [-0.3, -0.25) is 0 Å². The third kappa shape index (κ3) is 3.49. The summed E-state index contributed by atoms with van der Waals surface area (Å²) in [6, 6.07) is 13.3. The molecule has 0 spiro atoms. The van der Waals surface area contributed by atoms with Gasteiger partial charge in [-0.25, -0.2) is 17.9 Å². The number of rotatable bonds is 3. The van der Waals surface area contributed by atoms with Gasteiger partial charge in [-0.1, -0.05) is 41.9 Å². The molecule has 2 N–H and O–H groups in total. The second-order valence-corrected chi connectivity index (χ2v) is 5.94. The molecule has 0 aliphatic heterocycles. The van der Waals surface area contributed by atoms with E-state index in [0.29, 0.717) is 10.7 Å². The minimum Gasteiger partial charge on any atom is -0.306 e. The molecule has 0 atom stereocenters. The van der Waals surface area contributed by atoms with E-state index in [1.165, 1.54) is 12.1 Å². The van der Waals surface area contributed by atoms with Crippen LogP contribution in [0.25, 0.3) is 0 Å². The fourth-order valence-electron chi connectivity index (χ4n) is 1.49. The first kappa shape index (κ1) is 14.4. The van der Waals surface area contributed by atoms with Crippen LogP contribution >= 0.6 is 11.6 Å². The number of amides is 2. The van der Waals surface area contributed by atoms with E-state index in [4.69, 9.17) is 11.6 Å². The molecule has 2 aromatic rings. The van der Waals surface area contributed by atoms with Crippen molar-refractivity contribution in [1.82, 2.24) is 4.72 Å². The molecule has 2 aromatic carbocycles. The summed E-state index contributed by atoms with van der Waals surface area (Å²) in [6.45, 7) is 0. The van der Waals surface area contributed by atoms with Crippen LogP contribution in [0.4, 0.5) is 10.5 Å². The highest BCUT2D eigenvalue weighted by molar-refractivity contribution is 7.90. The molecule has 0 saturated carbocycles. The third-order valence-electron chi connectivity index (χ3n) is 2.40. The molecule has 0 heterocycles. The van der Waals surface area contributed by atoms with Crippen LogP contribution in [-0.4, -0.2) is 14.4 Å². The number of halogens is 1. The molecular weight excluding hydrogens is 300 g/mol. The lowest BCUT2D eigenvalue weighted by Gasteiger charge is -2.09. The Morgan fingerprint density at radius 2 is 1.55 bits per heavy atom. The van der Waals surface area contributed by atoms with Crippen molar-refractivity contribution in [3.63, 3.8) is 0 Å². The quantitative estimate of drug-likeness (QED) is 0.915. The molecule has 5 nitrogen and oxygen atoms in total. The molecule has 2 rings (SSSR count). The number of benzene rings is 2. The van der Waals surface area contributed by atoms with E-state index in [1.807, 2.05) is 4.72 Å². The van der Waals surface area contributed by atoms with Crippen molar-refractivity contribution >= 4 is 33.3 Å². The number of urea groups is 1.